The Bertz CT molecular complexity index is 339. The molecular formula is C11H14FNOS. The molecule has 4 heteroatoms. The zero-order chi connectivity index (χ0) is 10.7. The quantitative estimate of drug-likeness (QED) is 0.858. The van der Waals surface area contributed by atoms with Gasteiger partial charge in [0.1, 0.15) is 11.6 Å². The molecule has 0 radical (unpaired) electrons. The minimum absolute atomic E-state index is 0.215. The van der Waals surface area contributed by atoms with Crippen molar-refractivity contribution in [3.05, 3.63) is 24.0 Å². The highest BCUT2D eigenvalue weighted by Gasteiger charge is 2.16. The van der Waals surface area contributed by atoms with E-state index < -0.39 is 0 Å². The zero-order valence-corrected chi connectivity index (χ0v) is 9.44. The summed E-state index contributed by atoms with van der Waals surface area (Å²) in [4.78, 5) is 0. The average molecular weight is 227 g/mol. The first kappa shape index (κ1) is 10.6. The highest BCUT2D eigenvalue weighted by atomic mass is 32.2. The van der Waals surface area contributed by atoms with Crippen LogP contribution in [0.25, 0.3) is 0 Å². The number of hydrogen-bond acceptors (Lipinski definition) is 3. The Labute approximate surface area is 93.2 Å². The largest absolute Gasteiger partial charge is 0.497 e. The molecule has 0 bridgehead atoms. The summed E-state index contributed by atoms with van der Waals surface area (Å²) in [6, 6.07) is 5.16. The number of benzene rings is 1. The molecule has 0 spiro atoms. The molecule has 0 saturated carbocycles. The molecule has 1 aliphatic heterocycles. The number of methoxy groups -OCH3 is 1. The van der Waals surface area contributed by atoms with Crippen molar-refractivity contribution in [3.8, 4) is 5.75 Å². The van der Waals surface area contributed by atoms with E-state index in [9.17, 15) is 4.39 Å². The van der Waals surface area contributed by atoms with Gasteiger partial charge in [0.2, 0.25) is 0 Å². The summed E-state index contributed by atoms with van der Waals surface area (Å²) < 4.78 is 18.5. The lowest BCUT2D eigenvalue weighted by molar-refractivity contribution is 0.414. The molecule has 1 aliphatic rings. The number of rotatable bonds is 3. The maximum atomic E-state index is 13.4. The highest BCUT2D eigenvalue weighted by Crippen LogP contribution is 2.25. The van der Waals surface area contributed by atoms with Crippen molar-refractivity contribution < 1.29 is 9.13 Å². The molecule has 82 valence electrons. The third kappa shape index (κ3) is 2.56. The topological polar surface area (TPSA) is 21.3 Å². The molecule has 15 heavy (non-hydrogen) atoms. The summed E-state index contributed by atoms with van der Waals surface area (Å²) in [6.45, 7) is 0. The van der Waals surface area contributed by atoms with Crippen LogP contribution in [0.4, 0.5) is 10.1 Å². The van der Waals surface area contributed by atoms with Gasteiger partial charge in [0.15, 0.2) is 0 Å². The van der Waals surface area contributed by atoms with Gasteiger partial charge in [0.05, 0.1) is 12.8 Å². The van der Waals surface area contributed by atoms with Crippen LogP contribution in [0, 0.1) is 5.82 Å². The van der Waals surface area contributed by atoms with Crippen molar-refractivity contribution in [1.29, 1.82) is 0 Å². The van der Waals surface area contributed by atoms with Gasteiger partial charge >= 0.3 is 0 Å². The van der Waals surface area contributed by atoms with E-state index in [0.29, 0.717) is 17.5 Å². The predicted octanol–water partition coefficient (Wildman–Crippen LogP) is 2.75. The first-order chi connectivity index (χ1) is 7.29. The Hall–Kier alpha value is -0.900. The number of halogens is 1. The van der Waals surface area contributed by atoms with E-state index in [1.54, 1.807) is 19.2 Å². The molecule has 2 nitrogen and oxygen atoms in total. The van der Waals surface area contributed by atoms with Crippen molar-refractivity contribution in [2.45, 2.75) is 12.5 Å². The molecule has 1 aromatic rings. The molecule has 1 aromatic carbocycles. The number of ether oxygens (including phenoxy) is 1. The molecule has 1 atom stereocenters. The van der Waals surface area contributed by atoms with Gasteiger partial charge in [-0.3, -0.25) is 0 Å². The lowest BCUT2D eigenvalue weighted by atomic mass is 10.2. The van der Waals surface area contributed by atoms with Crippen LogP contribution in [-0.4, -0.2) is 24.7 Å². The Kier molecular flexibility index (Phi) is 3.36. The second-order valence-electron chi connectivity index (χ2n) is 3.55. The Morgan fingerprint density at radius 2 is 2.40 bits per heavy atom. The fourth-order valence-corrected chi connectivity index (χ4v) is 2.76. The van der Waals surface area contributed by atoms with Crippen molar-refractivity contribution in [2.75, 3.05) is 23.9 Å². The SMILES string of the molecule is COc1ccc(F)c(N[C@H]2CCSC2)c1. The van der Waals surface area contributed by atoms with E-state index in [0.717, 1.165) is 17.9 Å². The van der Waals surface area contributed by atoms with Crippen LogP contribution in [-0.2, 0) is 0 Å². The lowest BCUT2D eigenvalue weighted by Crippen LogP contribution is -2.18. The zero-order valence-electron chi connectivity index (χ0n) is 8.63. The maximum absolute atomic E-state index is 13.4. The maximum Gasteiger partial charge on any atom is 0.146 e. The van der Waals surface area contributed by atoms with Gasteiger partial charge in [-0.1, -0.05) is 0 Å². The monoisotopic (exact) mass is 227 g/mol. The van der Waals surface area contributed by atoms with Crippen LogP contribution in [0.3, 0.4) is 0 Å². The number of hydrogen-bond donors (Lipinski definition) is 1. The molecule has 1 saturated heterocycles. The van der Waals surface area contributed by atoms with Crippen molar-refractivity contribution in [3.63, 3.8) is 0 Å². The fraction of sp³-hybridized carbons (Fsp3) is 0.455. The molecule has 0 aromatic heterocycles. The summed E-state index contributed by atoms with van der Waals surface area (Å²) in [6.07, 6.45) is 1.10. The smallest absolute Gasteiger partial charge is 0.146 e. The lowest BCUT2D eigenvalue weighted by Gasteiger charge is -2.14. The third-order valence-electron chi connectivity index (χ3n) is 2.46. The van der Waals surface area contributed by atoms with Gasteiger partial charge in [-0.2, -0.15) is 11.8 Å². The minimum Gasteiger partial charge on any atom is -0.497 e. The molecule has 0 unspecified atom stereocenters. The third-order valence-corrected chi connectivity index (χ3v) is 3.63. The van der Waals surface area contributed by atoms with E-state index in [2.05, 4.69) is 5.32 Å². The molecular weight excluding hydrogens is 213 g/mol. The molecule has 1 fully saturated rings. The second kappa shape index (κ2) is 4.75. The van der Waals surface area contributed by atoms with Crippen LogP contribution >= 0.6 is 11.8 Å². The van der Waals surface area contributed by atoms with Gasteiger partial charge in [-0.25, -0.2) is 4.39 Å². The van der Waals surface area contributed by atoms with Gasteiger partial charge < -0.3 is 10.1 Å². The predicted molar refractivity (Wildman–Crippen MR) is 62.3 cm³/mol. The van der Waals surface area contributed by atoms with Crippen LogP contribution in [0.1, 0.15) is 6.42 Å². The highest BCUT2D eigenvalue weighted by molar-refractivity contribution is 7.99. The molecule has 0 amide bonds. The number of anilines is 1. The molecule has 1 heterocycles. The second-order valence-corrected chi connectivity index (χ2v) is 4.70. The van der Waals surface area contributed by atoms with Gasteiger partial charge in [-0.15, -0.1) is 0 Å². The normalized spacial score (nSPS) is 20.3. The van der Waals surface area contributed by atoms with Crippen LogP contribution in [0.15, 0.2) is 18.2 Å². The summed E-state index contributed by atoms with van der Waals surface area (Å²) in [7, 11) is 1.59. The number of thioether (sulfide) groups is 1. The van der Waals surface area contributed by atoms with Crippen LogP contribution in [0.5, 0.6) is 5.75 Å². The summed E-state index contributed by atoms with van der Waals surface area (Å²) in [5.74, 6) is 2.68. The van der Waals surface area contributed by atoms with E-state index in [1.807, 2.05) is 11.8 Å². The van der Waals surface area contributed by atoms with E-state index >= 15 is 0 Å². The summed E-state index contributed by atoms with van der Waals surface area (Å²) >= 11 is 1.90. The van der Waals surface area contributed by atoms with Gasteiger partial charge in [0, 0.05) is 17.9 Å². The molecule has 1 N–H and O–H groups in total. The van der Waals surface area contributed by atoms with E-state index in [-0.39, 0.29) is 5.82 Å². The standard InChI is InChI=1S/C11H14FNOS/c1-14-9-2-3-10(12)11(6-9)13-8-4-5-15-7-8/h2-3,6,8,13H,4-5,7H2,1H3/t8-/m0/s1. The summed E-state index contributed by atoms with van der Waals surface area (Å²) in [5, 5.41) is 3.21. The van der Waals surface area contributed by atoms with Crippen LogP contribution < -0.4 is 10.1 Å². The van der Waals surface area contributed by atoms with Gasteiger partial charge in [-0.05, 0) is 24.3 Å². The van der Waals surface area contributed by atoms with E-state index in [1.165, 1.54) is 6.07 Å². The number of nitrogens with one attached hydrogen (secondary N) is 1. The average Bonchev–Trinajstić information content (AvgIpc) is 2.74. The Morgan fingerprint density at radius 1 is 1.53 bits per heavy atom. The van der Waals surface area contributed by atoms with Crippen LogP contribution in [0.2, 0.25) is 0 Å². The summed E-state index contributed by atoms with van der Waals surface area (Å²) in [5.41, 5.74) is 0.543. The Morgan fingerprint density at radius 3 is 3.07 bits per heavy atom. The Balaban J connectivity index is 2.11. The van der Waals surface area contributed by atoms with Crippen molar-refractivity contribution >= 4 is 17.4 Å². The van der Waals surface area contributed by atoms with E-state index in [4.69, 9.17) is 4.74 Å². The van der Waals surface area contributed by atoms with Crippen molar-refractivity contribution in [2.24, 2.45) is 0 Å². The fourth-order valence-electron chi connectivity index (χ4n) is 1.61. The van der Waals surface area contributed by atoms with Crippen molar-refractivity contribution in [1.82, 2.24) is 0 Å². The molecule has 2 rings (SSSR count). The van der Waals surface area contributed by atoms with Gasteiger partial charge in [0.25, 0.3) is 0 Å². The minimum atomic E-state index is -0.215. The first-order valence-electron chi connectivity index (χ1n) is 4.97. The first-order valence-corrected chi connectivity index (χ1v) is 6.13. The molecule has 0 aliphatic carbocycles.